The Morgan fingerprint density at radius 1 is 1.47 bits per heavy atom. The summed E-state index contributed by atoms with van der Waals surface area (Å²) >= 11 is 1.67. The molecule has 1 heterocycles. The van der Waals surface area contributed by atoms with Crippen molar-refractivity contribution >= 4 is 17.2 Å². The zero-order chi connectivity index (χ0) is 12.9. The second kappa shape index (κ2) is 6.12. The number of aryl methyl sites for hydroxylation is 1. The molecule has 4 nitrogen and oxygen atoms in total. The van der Waals surface area contributed by atoms with Crippen molar-refractivity contribution in [3.63, 3.8) is 0 Å². The molecule has 0 aliphatic carbocycles. The summed E-state index contributed by atoms with van der Waals surface area (Å²) in [6, 6.07) is 0. The Bertz CT molecular complexity index is 368. The molecule has 0 spiro atoms. The van der Waals surface area contributed by atoms with Crippen LogP contribution in [0.3, 0.4) is 0 Å². The maximum absolute atomic E-state index is 11.5. The highest BCUT2D eigenvalue weighted by Gasteiger charge is 2.12. The normalized spacial score (nSPS) is 11.5. The highest BCUT2D eigenvalue weighted by molar-refractivity contribution is 7.09. The van der Waals surface area contributed by atoms with Gasteiger partial charge >= 0.3 is 0 Å². The van der Waals surface area contributed by atoms with Crippen LogP contribution in [0.25, 0.3) is 0 Å². The fourth-order valence-electron chi connectivity index (χ4n) is 1.36. The molecule has 0 bridgehead atoms. The first kappa shape index (κ1) is 14.1. The number of carbonyl (C=O) groups excluding carboxylic acids is 1. The highest BCUT2D eigenvalue weighted by Crippen LogP contribution is 2.09. The molecule has 2 N–H and O–H groups in total. The number of aromatic nitrogens is 1. The van der Waals surface area contributed by atoms with E-state index in [4.69, 9.17) is 0 Å². The second-order valence-corrected chi connectivity index (χ2v) is 5.93. The molecule has 0 fully saturated rings. The van der Waals surface area contributed by atoms with Crippen molar-refractivity contribution in [2.45, 2.75) is 46.2 Å². The molecule has 0 aromatic carbocycles. The van der Waals surface area contributed by atoms with E-state index in [9.17, 15) is 4.79 Å². The molecular weight excluding hydrogens is 234 g/mol. The van der Waals surface area contributed by atoms with Gasteiger partial charge in [-0.2, -0.15) is 0 Å². The quantitative estimate of drug-likeness (QED) is 0.842. The SMILES string of the molecule is CCc1nc(CNCC(=O)NC(C)(C)C)cs1. The van der Waals surface area contributed by atoms with E-state index in [2.05, 4.69) is 22.5 Å². The highest BCUT2D eigenvalue weighted by atomic mass is 32.1. The lowest BCUT2D eigenvalue weighted by Crippen LogP contribution is -2.44. The molecule has 0 saturated carbocycles. The number of rotatable bonds is 5. The van der Waals surface area contributed by atoms with Gasteiger partial charge < -0.3 is 10.6 Å². The first-order chi connectivity index (χ1) is 7.90. The Balaban J connectivity index is 2.26. The molecule has 96 valence electrons. The first-order valence-corrected chi connectivity index (χ1v) is 6.73. The Morgan fingerprint density at radius 2 is 2.18 bits per heavy atom. The molecule has 5 heteroatoms. The third-order valence-corrected chi connectivity index (χ3v) is 3.05. The topological polar surface area (TPSA) is 54.0 Å². The lowest BCUT2D eigenvalue weighted by molar-refractivity contribution is -0.121. The minimum Gasteiger partial charge on any atom is -0.350 e. The molecule has 17 heavy (non-hydrogen) atoms. The predicted molar refractivity (Wildman–Crippen MR) is 71.1 cm³/mol. The van der Waals surface area contributed by atoms with Crippen LogP contribution in [0.15, 0.2) is 5.38 Å². The number of amides is 1. The number of thiazole rings is 1. The maximum atomic E-state index is 11.5. The van der Waals surface area contributed by atoms with Gasteiger partial charge in [0.25, 0.3) is 0 Å². The van der Waals surface area contributed by atoms with Gasteiger partial charge in [0.15, 0.2) is 0 Å². The van der Waals surface area contributed by atoms with Crippen LogP contribution in [0, 0.1) is 0 Å². The number of nitrogens with zero attached hydrogens (tertiary/aromatic N) is 1. The summed E-state index contributed by atoms with van der Waals surface area (Å²) in [5.41, 5.74) is 0.838. The summed E-state index contributed by atoms with van der Waals surface area (Å²) in [4.78, 5) is 15.9. The maximum Gasteiger partial charge on any atom is 0.234 e. The average molecular weight is 255 g/mol. The molecule has 1 aromatic rings. The van der Waals surface area contributed by atoms with Gasteiger partial charge in [0.2, 0.25) is 5.91 Å². The summed E-state index contributed by atoms with van der Waals surface area (Å²) in [6.07, 6.45) is 0.967. The molecule has 1 amide bonds. The van der Waals surface area contributed by atoms with Crippen LogP contribution in [-0.4, -0.2) is 23.0 Å². The summed E-state index contributed by atoms with van der Waals surface area (Å²) in [7, 11) is 0. The number of carbonyl (C=O) groups is 1. The molecule has 0 radical (unpaired) electrons. The molecular formula is C12H21N3OS. The van der Waals surface area contributed by atoms with Gasteiger partial charge in [-0.15, -0.1) is 11.3 Å². The largest absolute Gasteiger partial charge is 0.350 e. The van der Waals surface area contributed by atoms with Crippen LogP contribution in [-0.2, 0) is 17.8 Å². The Labute approximate surface area is 107 Å². The van der Waals surface area contributed by atoms with Crippen LogP contribution in [0.5, 0.6) is 0 Å². The van der Waals surface area contributed by atoms with Crippen LogP contribution in [0.4, 0.5) is 0 Å². The molecule has 0 saturated heterocycles. The van der Waals surface area contributed by atoms with E-state index in [-0.39, 0.29) is 11.4 Å². The second-order valence-electron chi connectivity index (χ2n) is 4.99. The predicted octanol–water partition coefficient (Wildman–Crippen LogP) is 1.71. The molecule has 1 aromatic heterocycles. The van der Waals surface area contributed by atoms with Gasteiger partial charge in [-0.05, 0) is 27.2 Å². The Morgan fingerprint density at radius 3 is 2.71 bits per heavy atom. The van der Waals surface area contributed by atoms with Crippen molar-refractivity contribution in [3.8, 4) is 0 Å². The van der Waals surface area contributed by atoms with Crippen molar-refractivity contribution in [2.24, 2.45) is 0 Å². The van der Waals surface area contributed by atoms with Crippen LogP contribution in [0.2, 0.25) is 0 Å². The summed E-state index contributed by atoms with van der Waals surface area (Å²) < 4.78 is 0. The van der Waals surface area contributed by atoms with Gasteiger partial charge in [-0.1, -0.05) is 6.92 Å². The fraction of sp³-hybridized carbons (Fsp3) is 0.667. The number of hydrogen-bond acceptors (Lipinski definition) is 4. The van der Waals surface area contributed by atoms with Gasteiger partial charge in [0.05, 0.1) is 17.2 Å². The summed E-state index contributed by atoms with van der Waals surface area (Å²) in [6.45, 7) is 8.98. The van der Waals surface area contributed by atoms with Crippen molar-refractivity contribution in [1.29, 1.82) is 0 Å². The van der Waals surface area contributed by atoms with Gasteiger partial charge in [-0.3, -0.25) is 4.79 Å². The minimum absolute atomic E-state index is 0.0171. The Hall–Kier alpha value is -0.940. The standard InChI is InChI=1S/C12H21N3OS/c1-5-11-14-9(8-17-11)6-13-7-10(16)15-12(2,3)4/h8,13H,5-7H2,1-4H3,(H,15,16). The third-order valence-electron chi connectivity index (χ3n) is 2.01. The molecule has 0 aliphatic heterocycles. The average Bonchev–Trinajstić information content (AvgIpc) is 2.63. The van der Waals surface area contributed by atoms with Crippen LogP contribution < -0.4 is 10.6 Å². The van der Waals surface area contributed by atoms with Gasteiger partial charge in [0, 0.05) is 17.5 Å². The van der Waals surface area contributed by atoms with E-state index in [1.54, 1.807) is 11.3 Å². The third kappa shape index (κ3) is 5.79. The smallest absolute Gasteiger partial charge is 0.234 e. The monoisotopic (exact) mass is 255 g/mol. The number of hydrogen-bond donors (Lipinski definition) is 2. The van der Waals surface area contributed by atoms with Crippen LogP contribution >= 0.6 is 11.3 Å². The van der Waals surface area contributed by atoms with E-state index in [1.165, 1.54) is 0 Å². The number of nitrogens with one attached hydrogen (secondary N) is 2. The van der Waals surface area contributed by atoms with E-state index in [1.807, 2.05) is 26.2 Å². The van der Waals surface area contributed by atoms with Crippen molar-refractivity contribution in [1.82, 2.24) is 15.6 Å². The van der Waals surface area contributed by atoms with E-state index in [0.29, 0.717) is 13.1 Å². The Kier molecular flexibility index (Phi) is 5.08. The molecule has 1 rings (SSSR count). The summed E-state index contributed by atoms with van der Waals surface area (Å²) in [5.74, 6) is 0.0171. The van der Waals surface area contributed by atoms with E-state index in [0.717, 1.165) is 17.1 Å². The van der Waals surface area contributed by atoms with Crippen LogP contribution in [0.1, 0.15) is 38.4 Å². The molecule has 0 aliphatic rings. The minimum atomic E-state index is -0.172. The zero-order valence-electron chi connectivity index (χ0n) is 11.0. The van der Waals surface area contributed by atoms with Crippen molar-refractivity contribution in [3.05, 3.63) is 16.1 Å². The lowest BCUT2D eigenvalue weighted by atomic mass is 10.1. The van der Waals surface area contributed by atoms with E-state index >= 15 is 0 Å². The molecule has 0 unspecified atom stereocenters. The van der Waals surface area contributed by atoms with E-state index < -0.39 is 0 Å². The molecule has 0 atom stereocenters. The zero-order valence-corrected chi connectivity index (χ0v) is 11.8. The van der Waals surface area contributed by atoms with Crippen molar-refractivity contribution < 1.29 is 4.79 Å². The van der Waals surface area contributed by atoms with Gasteiger partial charge in [0.1, 0.15) is 0 Å². The summed E-state index contributed by atoms with van der Waals surface area (Å²) in [5, 5.41) is 9.17. The first-order valence-electron chi connectivity index (χ1n) is 5.85. The fourth-order valence-corrected chi connectivity index (χ4v) is 2.10. The van der Waals surface area contributed by atoms with Gasteiger partial charge in [-0.25, -0.2) is 4.98 Å². The lowest BCUT2D eigenvalue weighted by Gasteiger charge is -2.20. The van der Waals surface area contributed by atoms with Crippen molar-refractivity contribution in [2.75, 3.05) is 6.54 Å².